The summed E-state index contributed by atoms with van der Waals surface area (Å²) in [5, 5.41) is 11.6. The van der Waals surface area contributed by atoms with Crippen LogP contribution in [0.1, 0.15) is 174 Å². The highest BCUT2D eigenvalue weighted by atomic mass is 16.6. The number of rotatable bonds is 35. The van der Waals surface area contributed by atoms with Crippen LogP contribution < -0.4 is 5.11 Å². The van der Waals surface area contributed by atoms with E-state index in [4.69, 9.17) is 14.2 Å². The van der Waals surface area contributed by atoms with Crippen LogP contribution in [0.25, 0.3) is 0 Å². The lowest BCUT2D eigenvalue weighted by Gasteiger charge is -2.34. The van der Waals surface area contributed by atoms with Crippen molar-refractivity contribution in [1.29, 1.82) is 0 Å². The van der Waals surface area contributed by atoms with E-state index in [9.17, 15) is 19.5 Å². The average Bonchev–Trinajstić information content (AvgIpc) is 3.03. The van der Waals surface area contributed by atoms with Gasteiger partial charge in [-0.05, 0) is 38.5 Å². The van der Waals surface area contributed by atoms with Gasteiger partial charge in [0.15, 0.2) is 6.10 Å². The van der Waals surface area contributed by atoms with Gasteiger partial charge in [-0.3, -0.25) is 9.59 Å². The molecule has 0 heterocycles. The molecule has 0 fully saturated rings. The van der Waals surface area contributed by atoms with Crippen molar-refractivity contribution in [3.63, 3.8) is 0 Å². The summed E-state index contributed by atoms with van der Waals surface area (Å²) in [6.07, 6.45) is 30.8. The third kappa shape index (κ3) is 30.2. The molecule has 2 atom stereocenters. The number of hydrogen-bond acceptors (Lipinski definition) is 7. The van der Waals surface area contributed by atoms with Gasteiger partial charge in [-0.1, -0.05) is 129 Å². The van der Waals surface area contributed by atoms with Gasteiger partial charge < -0.3 is 28.6 Å². The number of allylic oxidation sites excluding steroid dienone is 2. The summed E-state index contributed by atoms with van der Waals surface area (Å²) in [6, 6.07) is -0.721. The van der Waals surface area contributed by atoms with E-state index in [0.29, 0.717) is 12.8 Å². The van der Waals surface area contributed by atoms with Gasteiger partial charge in [0.25, 0.3) is 0 Å². The Kier molecular flexibility index (Phi) is 31.0. The molecule has 0 aliphatic heterocycles. The first-order valence-corrected chi connectivity index (χ1v) is 19.7. The van der Waals surface area contributed by atoms with E-state index in [2.05, 4.69) is 26.0 Å². The molecule has 0 aliphatic rings. The lowest BCUT2D eigenvalue weighted by molar-refractivity contribution is -0.889. The molecule has 0 aromatic carbocycles. The van der Waals surface area contributed by atoms with Gasteiger partial charge in [-0.15, -0.1) is 0 Å². The Morgan fingerprint density at radius 3 is 1.54 bits per heavy atom. The maximum absolute atomic E-state index is 12.6. The Bertz CT molecular complexity index is 808. The van der Waals surface area contributed by atoms with Gasteiger partial charge in [-0.25, -0.2) is 0 Å². The minimum Gasteiger partial charge on any atom is -0.544 e. The number of quaternary nitrogens is 1. The number of carboxylic acids is 1. The van der Waals surface area contributed by atoms with E-state index < -0.39 is 18.1 Å². The third-order valence-electron chi connectivity index (χ3n) is 8.90. The number of carbonyl (C=O) groups is 3. The van der Waals surface area contributed by atoms with Crippen molar-refractivity contribution in [3.8, 4) is 0 Å². The summed E-state index contributed by atoms with van der Waals surface area (Å²) < 4.78 is 17.1. The number of nitrogens with zero attached hydrogens (tertiary/aromatic N) is 1. The fraction of sp³-hybridized carbons (Fsp3) is 0.875. The second kappa shape index (κ2) is 32.3. The number of likely N-dealkylation sites (N-methyl/N-ethyl adjacent to an activating group) is 1. The maximum Gasteiger partial charge on any atom is 0.306 e. The first kappa shape index (κ1) is 46.1. The predicted molar refractivity (Wildman–Crippen MR) is 194 cm³/mol. The maximum atomic E-state index is 12.6. The van der Waals surface area contributed by atoms with Crippen LogP contribution in [0.5, 0.6) is 0 Å². The quantitative estimate of drug-likeness (QED) is 0.0286. The molecular formula is C40H75NO7. The molecule has 0 amide bonds. The lowest BCUT2D eigenvalue weighted by Crippen LogP contribution is -2.55. The molecule has 0 rings (SSSR count). The van der Waals surface area contributed by atoms with Gasteiger partial charge in [0.05, 0.1) is 40.3 Å². The molecular weight excluding hydrogens is 606 g/mol. The van der Waals surface area contributed by atoms with E-state index >= 15 is 0 Å². The first-order chi connectivity index (χ1) is 23.1. The molecule has 282 valence electrons. The molecule has 0 spiro atoms. The fourth-order valence-corrected chi connectivity index (χ4v) is 5.77. The molecule has 0 aromatic heterocycles. The molecule has 0 N–H and O–H groups in total. The Balaban J connectivity index is 4.41. The van der Waals surface area contributed by atoms with Crippen LogP contribution in [0, 0.1) is 0 Å². The zero-order valence-corrected chi connectivity index (χ0v) is 31.9. The standard InChI is InChI=1S/C40H75NO7/c1-6-8-10-12-14-16-18-20-22-24-26-28-30-38(42)47-35-36(34-46-33-32-37(40(44)45)41(3,4)5)48-39(43)31-29-27-25-23-21-19-17-15-13-11-9-7-2/h15,17,36-37H,6-14,16,18-35H2,1-5H3/b17-15-. The monoisotopic (exact) mass is 682 g/mol. The van der Waals surface area contributed by atoms with Crippen molar-refractivity contribution in [1.82, 2.24) is 0 Å². The SMILES string of the molecule is CCCCC/C=C\CCCCCCCC(=O)OC(COCCC(C(=O)[O-])[N+](C)(C)C)COC(=O)CCCCCCCCCCCCCC. The summed E-state index contributed by atoms with van der Waals surface area (Å²) in [5.74, 6) is -1.74. The molecule has 0 radical (unpaired) electrons. The molecule has 0 saturated carbocycles. The van der Waals surface area contributed by atoms with Gasteiger partial charge in [0.1, 0.15) is 12.6 Å². The van der Waals surface area contributed by atoms with Crippen LogP contribution >= 0.6 is 0 Å². The topological polar surface area (TPSA) is 102 Å². The number of hydrogen-bond donors (Lipinski definition) is 0. The first-order valence-electron chi connectivity index (χ1n) is 19.7. The third-order valence-corrected chi connectivity index (χ3v) is 8.90. The molecule has 0 aliphatic carbocycles. The highest BCUT2D eigenvalue weighted by Gasteiger charge is 2.25. The van der Waals surface area contributed by atoms with Gasteiger partial charge in [-0.2, -0.15) is 0 Å². The lowest BCUT2D eigenvalue weighted by atomic mass is 10.0. The van der Waals surface area contributed by atoms with Crippen LogP contribution in [-0.2, 0) is 28.6 Å². The van der Waals surface area contributed by atoms with Gasteiger partial charge in [0.2, 0.25) is 0 Å². The van der Waals surface area contributed by atoms with Crippen LogP contribution in [0.2, 0.25) is 0 Å². The number of carboxylic acid groups (broad SMARTS) is 1. The molecule has 0 bridgehead atoms. The fourth-order valence-electron chi connectivity index (χ4n) is 5.77. The number of unbranched alkanes of at least 4 members (excludes halogenated alkanes) is 19. The van der Waals surface area contributed by atoms with E-state index in [0.717, 1.165) is 51.4 Å². The Morgan fingerprint density at radius 1 is 0.604 bits per heavy atom. The van der Waals surface area contributed by atoms with Crippen LogP contribution in [-0.4, -0.2) is 75.5 Å². The Morgan fingerprint density at radius 2 is 1.04 bits per heavy atom. The summed E-state index contributed by atoms with van der Waals surface area (Å²) in [5.41, 5.74) is 0. The summed E-state index contributed by atoms with van der Waals surface area (Å²) in [6.45, 7) is 4.62. The number of carbonyl (C=O) groups excluding carboxylic acids is 3. The normalized spacial score (nSPS) is 13.1. The predicted octanol–water partition coefficient (Wildman–Crippen LogP) is 8.63. The molecule has 48 heavy (non-hydrogen) atoms. The van der Waals surface area contributed by atoms with Crippen molar-refractivity contribution in [2.24, 2.45) is 0 Å². The van der Waals surface area contributed by atoms with Crippen molar-refractivity contribution >= 4 is 17.9 Å². The second-order valence-corrected chi connectivity index (χ2v) is 14.5. The van der Waals surface area contributed by atoms with Crippen LogP contribution in [0.15, 0.2) is 12.2 Å². The van der Waals surface area contributed by atoms with E-state index in [1.54, 1.807) is 21.1 Å². The molecule has 8 nitrogen and oxygen atoms in total. The zero-order chi connectivity index (χ0) is 35.7. The number of aliphatic carboxylic acids is 1. The summed E-state index contributed by atoms with van der Waals surface area (Å²) in [7, 11) is 5.40. The molecule has 2 unspecified atom stereocenters. The van der Waals surface area contributed by atoms with E-state index in [-0.39, 0.29) is 42.7 Å². The van der Waals surface area contributed by atoms with E-state index in [1.807, 2.05) is 0 Å². The van der Waals surface area contributed by atoms with Crippen molar-refractivity contribution < 1.29 is 38.2 Å². The highest BCUT2D eigenvalue weighted by molar-refractivity contribution is 5.70. The Hall–Kier alpha value is -1.93. The molecule has 0 aromatic rings. The number of esters is 2. The van der Waals surface area contributed by atoms with Crippen molar-refractivity contribution in [2.75, 3.05) is 41.0 Å². The number of ether oxygens (including phenoxy) is 3. The van der Waals surface area contributed by atoms with Crippen molar-refractivity contribution in [2.45, 2.75) is 187 Å². The minimum atomic E-state index is -1.13. The second-order valence-electron chi connectivity index (χ2n) is 14.5. The summed E-state index contributed by atoms with van der Waals surface area (Å²) >= 11 is 0. The minimum absolute atomic E-state index is 0.0422. The van der Waals surface area contributed by atoms with Gasteiger partial charge in [0, 0.05) is 19.3 Å². The van der Waals surface area contributed by atoms with Crippen molar-refractivity contribution in [3.05, 3.63) is 12.2 Å². The average molecular weight is 682 g/mol. The van der Waals surface area contributed by atoms with Crippen LogP contribution in [0.3, 0.4) is 0 Å². The van der Waals surface area contributed by atoms with Gasteiger partial charge >= 0.3 is 11.9 Å². The molecule has 0 saturated heterocycles. The largest absolute Gasteiger partial charge is 0.544 e. The molecule has 8 heteroatoms. The summed E-state index contributed by atoms with van der Waals surface area (Å²) in [4.78, 5) is 36.6. The van der Waals surface area contributed by atoms with E-state index in [1.165, 1.54) is 89.9 Å². The van der Waals surface area contributed by atoms with Crippen LogP contribution in [0.4, 0.5) is 0 Å². The Labute approximate surface area is 295 Å². The smallest absolute Gasteiger partial charge is 0.306 e. The highest BCUT2D eigenvalue weighted by Crippen LogP contribution is 2.14. The zero-order valence-electron chi connectivity index (χ0n) is 31.9.